The molecule has 0 saturated carbocycles. The number of halogens is 2. The standard InChI is InChI=1S/C18H20Cl2N4O/c1-25-17-5-3-2-4-16(17)23-6-8-24(9-7-23)18(21)22-15-11-13(19)10-14(20)12-15/h2-5,10-12H,6-9H2,1H3,(H2,21,22). The largest absolute Gasteiger partial charge is 0.495 e. The van der Waals surface area contributed by atoms with E-state index < -0.39 is 0 Å². The van der Waals surface area contributed by atoms with E-state index in [4.69, 9.17) is 33.7 Å². The van der Waals surface area contributed by atoms with Crippen LogP contribution in [0.25, 0.3) is 0 Å². The smallest absolute Gasteiger partial charge is 0.196 e. The molecular weight excluding hydrogens is 359 g/mol. The lowest BCUT2D eigenvalue weighted by atomic mass is 10.2. The van der Waals surface area contributed by atoms with Gasteiger partial charge >= 0.3 is 0 Å². The molecule has 0 aliphatic carbocycles. The average Bonchev–Trinajstić information content (AvgIpc) is 2.61. The highest BCUT2D eigenvalue weighted by Gasteiger charge is 2.20. The molecule has 0 aromatic heterocycles. The topological polar surface area (TPSA) is 54.1 Å². The van der Waals surface area contributed by atoms with Crippen LogP contribution < -0.4 is 15.4 Å². The summed E-state index contributed by atoms with van der Waals surface area (Å²) in [4.78, 5) is 8.79. The third-order valence-corrected chi connectivity index (χ3v) is 4.56. The maximum atomic E-state index is 6.17. The first kappa shape index (κ1) is 17.7. The molecule has 5 nitrogen and oxygen atoms in total. The van der Waals surface area contributed by atoms with Crippen molar-refractivity contribution in [1.29, 1.82) is 0 Å². The molecule has 25 heavy (non-hydrogen) atoms. The zero-order chi connectivity index (χ0) is 17.8. The quantitative estimate of drug-likeness (QED) is 0.652. The zero-order valence-electron chi connectivity index (χ0n) is 14.0. The van der Waals surface area contributed by atoms with Crippen molar-refractivity contribution < 1.29 is 4.74 Å². The second-order valence-electron chi connectivity index (χ2n) is 5.74. The van der Waals surface area contributed by atoms with E-state index in [1.54, 1.807) is 25.3 Å². The van der Waals surface area contributed by atoms with Gasteiger partial charge in [-0.15, -0.1) is 0 Å². The summed E-state index contributed by atoms with van der Waals surface area (Å²) in [5, 5.41) is 1.08. The fraction of sp³-hybridized carbons (Fsp3) is 0.278. The number of anilines is 1. The number of para-hydroxylation sites is 2. The van der Waals surface area contributed by atoms with Crippen LogP contribution in [0.2, 0.25) is 10.0 Å². The van der Waals surface area contributed by atoms with Gasteiger partial charge < -0.3 is 20.3 Å². The van der Waals surface area contributed by atoms with E-state index >= 15 is 0 Å². The van der Waals surface area contributed by atoms with Crippen LogP contribution in [0.5, 0.6) is 5.75 Å². The second kappa shape index (κ2) is 7.85. The molecule has 0 amide bonds. The third kappa shape index (κ3) is 4.30. The Hall–Kier alpha value is -2.11. The van der Waals surface area contributed by atoms with Crippen molar-refractivity contribution in [2.45, 2.75) is 0 Å². The molecule has 0 bridgehead atoms. The summed E-state index contributed by atoms with van der Waals surface area (Å²) < 4.78 is 5.45. The Balaban J connectivity index is 1.68. The summed E-state index contributed by atoms with van der Waals surface area (Å²) in [6, 6.07) is 13.2. The van der Waals surface area contributed by atoms with Crippen LogP contribution in [0.4, 0.5) is 11.4 Å². The summed E-state index contributed by atoms with van der Waals surface area (Å²) in [7, 11) is 1.69. The number of benzene rings is 2. The highest BCUT2D eigenvalue weighted by atomic mass is 35.5. The molecule has 0 spiro atoms. The number of nitrogens with zero attached hydrogens (tertiary/aromatic N) is 3. The minimum atomic E-state index is 0.470. The Morgan fingerprint density at radius 1 is 1.04 bits per heavy atom. The van der Waals surface area contributed by atoms with Crippen molar-refractivity contribution in [3.63, 3.8) is 0 Å². The number of aliphatic imine (C=N–C) groups is 1. The van der Waals surface area contributed by atoms with Gasteiger partial charge in [-0.2, -0.15) is 0 Å². The Kier molecular flexibility index (Phi) is 5.56. The van der Waals surface area contributed by atoms with Gasteiger partial charge in [0, 0.05) is 36.2 Å². The molecule has 1 aliphatic rings. The SMILES string of the molecule is COc1ccccc1N1CCN(C(N)=Nc2cc(Cl)cc(Cl)c2)CC1. The molecule has 0 unspecified atom stereocenters. The van der Waals surface area contributed by atoms with Crippen molar-refractivity contribution in [2.75, 3.05) is 38.2 Å². The number of methoxy groups -OCH3 is 1. The van der Waals surface area contributed by atoms with Gasteiger partial charge in [0.2, 0.25) is 0 Å². The molecule has 7 heteroatoms. The first-order chi connectivity index (χ1) is 12.1. The predicted octanol–water partition coefficient (Wildman–Crippen LogP) is 3.77. The fourth-order valence-electron chi connectivity index (χ4n) is 2.87. The van der Waals surface area contributed by atoms with E-state index in [0.717, 1.165) is 37.6 Å². The molecule has 1 fully saturated rings. The minimum absolute atomic E-state index is 0.470. The third-order valence-electron chi connectivity index (χ3n) is 4.12. The molecule has 3 rings (SSSR count). The Bertz CT molecular complexity index is 753. The van der Waals surface area contributed by atoms with E-state index in [2.05, 4.69) is 20.9 Å². The summed E-state index contributed by atoms with van der Waals surface area (Å²) in [6.07, 6.45) is 0. The van der Waals surface area contributed by atoms with Gasteiger partial charge in [-0.1, -0.05) is 35.3 Å². The number of hydrogen-bond acceptors (Lipinski definition) is 3. The number of hydrogen-bond donors (Lipinski definition) is 1. The van der Waals surface area contributed by atoms with Gasteiger partial charge in [-0.05, 0) is 30.3 Å². The molecule has 1 aliphatic heterocycles. The summed E-state index contributed by atoms with van der Waals surface area (Å²) in [5.41, 5.74) is 7.92. The minimum Gasteiger partial charge on any atom is -0.495 e. The lowest BCUT2D eigenvalue weighted by molar-refractivity contribution is 0.375. The van der Waals surface area contributed by atoms with Gasteiger partial charge in [0.1, 0.15) is 5.75 Å². The van der Waals surface area contributed by atoms with Gasteiger partial charge in [0.15, 0.2) is 5.96 Å². The maximum absolute atomic E-state index is 6.17. The normalized spacial score (nSPS) is 15.4. The van der Waals surface area contributed by atoms with E-state index in [1.807, 2.05) is 18.2 Å². The second-order valence-corrected chi connectivity index (χ2v) is 6.62. The van der Waals surface area contributed by atoms with Crippen LogP contribution in [0.3, 0.4) is 0 Å². The van der Waals surface area contributed by atoms with Crippen LogP contribution in [0.15, 0.2) is 47.5 Å². The molecule has 0 atom stereocenters. The fourth-order valence-corrected chi connectivity index (χ4v) is 3.39. The Morgan fingerprint density at radius 3 is 2.32 bits per heavy atom. The first-order valence-electron chi connectivity index (χ1n) is 8.00. The molecule has 2 aromatic carbocycles. The molecule has 1 heterocycles. The number of nitrogens with two attached hydrogens (primary N) is 1. The number of piperazine rings is 1. The van der Waals surface area contributed by atoms with Gasteiger partial charge in [-0.25, -0.2) is 4.99 Å². The summed E-state index contributed by atoms with van der Waals surface area (Å²) >= 11 is 12.0. The van der Waals surface area contributed by atoms with Gasteiger partial charge in [0.25, 0.3) is 0 Å². The maximum Gasteiger partial charge on any atom is 0.196 e. The van der Waals surface area contributed by atoms with Crippen molar-refractivity contribution in [3.8, 4) is 5.75 Å². The lowest BCUT2D eigenvalue weighted by Gasteiger charge is -2.37. The summed E-state index contributed by atoms with van der Waals surface area (Å²) in [6.45, 7) is 3.24. The Labute approximate surface area is 157 Å². The van der Waals surface area contributed by atoms with E-state index in [0.29, 0.717) is 21.7 Å². The highest BCUT2D eigenvalue weighted by molar-refractivity contribution is 6.35. The molecule has 2 N–H and O–H groups in total. The van der Waals surface area contributed by atoms with E-state index in [1.165, 1.54) is 0 Å². The van der Waals surface area contributed by atoms with Crippen LogP contribution in [0.1, 0.15) is 0 Å². The molecule has 2 aromatic rings. The lowest BCUT2D eigenvalue weighted by Crippen LogP contribution is -2.51. The van der Waals surface area contributed by atoms with Crippen molar-refractivity contribution in [3.05, 3.63) is 52.5 Å². The number of guanidine groups is 1. The number of ether oxygens (including phenoxy) is 1. The monoisotopic (exact) mass is 378 g/mol. The van der Waals surface area contributed by atoms with Crippen LogP contribution >= 0.6 is 23.2 Å². The average molecular weight is 379 g/mol. The van der Waals surface area contributed by atoms with Crippen molar-refractivity contribution in [2.24, 2.45) is 10.7 Å². The highest BCUT2D eigenvalue weighted by Crippen LogP contribution is 2.28. The zero-order valence-corrected chi connectivity index (χ0v) is 15.5. The molecule has 1 saturated heterocycles. The molecule has 132 valence electrons. The summed E-state index contributed by atoms with van der Waals surface area (Å²) in [5.74, 6) is 1.35. The predicted molar refractivity (Wildman–Crippen MR) is 105 cm³/mol. The van der Waals surface area contributed by atoms with Crippen LogP contribution in [-0.4, -0.2) is 44.1 Å². The Morgan fingerprint density at radius 2 is 1.68 bits per heavy atom. The van der Waals surface area contributed by atoms with Crippen LogP contribution in [0, 0.1) is 0 Å². The van der Waals surface area contributed by atoms with E-state index in [-0.39, 0.29) is 0 Å². The molecular formula is C18H20Cl2N4O. The van der Waals surface area contributed by atoms with Crippen molar-refractivity contribution in [1.82, 2.24) is 4.90 Å². The van der Waals surface area contributed by atoms with E-state index in [9.17, 15) is 0 Å². The van der Waals surface area contributed by atoms with Gasteiger partial charge in [0.05, 0.1) is 18.5 Å². The first-order valence-corrected chi connectivity index (χ1v) is 8.75. The number of rotatable bonds is 3. The van der Waals surface area contributed by atoms with Crippen LogP contribution in [-0.2, 0) is 0 Å². The molecule has 0 radical (unpaired) electrons. The van der Waals surface area contributed by atoms with Crippen molar-refractivity contribution >= 4 is 40.5 Å². The van der Waals surface area contributed by atoms with Gasteiger partial charge in [-0.3, -0.25) is 0 Å².